The van der Waals surface area contributed by atoms with Gasteiger partial charge in [-0.1, -0.05) is 46.2 Å². The molecule has 1 aromatic carbocycles. The molecule has 0 aromatic heterocycles. The maximum Gasteiger partial charge on any atom is 0.255 e. The Morgan fingerprint density at radius 3 is 2.38 bits per heavy atom. The van der Waals surface area contributed by atoms with Crippen LogP contribution < -0.4 is 21.1 Å². The lowest BCUT2D eigenvalue weighted by Crippen LogP contribution is -2.55. The van der Waals surface area contributed by atoms with E-state index in [1.165, 1.54) is 6.42 Å². The maximum atomic E-state index is 13.1. The molecule has 0 spiro atoms. The average molecular weight is 549 g/mol. The molecule has 1 aliphatic rings. The normalized spacial score (nSPS) is 17.5. The standard InChI is InChI=1S/C30H52N4O5/c1-21(2)23(19-32-29(36)24-12-7-8-13-27(24)39-17-11-16-38-5)18-25(33-30(37)28(31)22(3)4)26(35)20-34-14-9-6-10-15-34/h7-8,12-13,21-23,25-26,28,35H,6,9-11,14-20,31H2,1-5H3,(H,32,36)(H,33,37)/t23-,25+,26+,28+/m1/s1. The molecule has 1 aromatic rings. The minimum Gasteiger partial charge on any atom is -0.493 e. The monoisotopic (exact) mass is 548 g/mol. The number of nitrogens with two attached hydrogens (primary N) is 1. The number of piperidine rings is 1. The Bertz CT molecular complexity index is 860. The van der Waals surface area contributed by atoms with Crippen LogP contribution in [0, 0.1) is 17.8 Å². The fourth-order valence-corrected chi connectivity index (χ4v) is 4.83. The zero-order valence-electron chi connectivity index (χ0n) is 24.7. The van der Waals surface area contributed by atoms with Gasteiger partial charge in [0.2, 0.25) is 5.91 Å². The van der Waals surface area contributed by atoms with Gasteiger partial charge in [-0.15, -0.1) is 0 Å². The summed E-state index contributed by atoms with van der Waals surface area (Å²) in [5.41, 5.74) is 6.61. The van der Waals surface area contributed by atoms with Crippen LogP contribution in [-0.4, -0.2) is 86.5 Å². The molecule has 9 nitrogen and oxygen atoms in total. The van der Waals surface area contributed by atoms with Crippen LogP contribution in [0.2, 0.25) is 0 Å². The number of carbonyl (C=O) groups is 2. The fraction of sp³-hybridized carbons (Fsp3) is 0.733. The molecule has 0 unspecified atom stereocenters. The van der Waals surface area contributed by atoms with Crippen molar-refractivity contribution in [3.8, 4) is 5.75 Å². The van der Waals surface area contributed by atoms with Crippen molar-refractivity contribution in [3.63, 3.8) is 0 Å². The van der Waals surface area contributed by atoms with E-state index >= 15 is 0 Å². The molecule has 1 fully saturated rings. The number of hydrogen-bond acceptors (Lipinski definition) is 7. The molecule has 9 heteroatoms. The third kappa shape index (κ3) is 11.4. The number of methoxy groups -OCH3 is 1. The molecule has 0 saturated carbocycles. The molecule has 1 heterocycles. The number of β-amino-alcohol motifs (C(OH)–C–C–N with tert-alkyl or cyclic N) is 1. The molecule has 0 radical (unpaired) electrons. The predicted molar refractivity (Wildman–Crippen MR) is 155 cm³/mol. The Morgan fingerprint density at radius 2 is 1.74 bits per heavy atom. The Balaban J connectivity index is 2.09. The van der Waals surface area contributed by atoms with Gasteiger partial charge in [0.15, 0.2) is 0 Å². The number of rotatable bonds is 17. The highest BCUT2D eigenvalue weighted by atomic mass is 16.5. The summed E-state index contributed by atoms with van der Waals surface area (Å²) in [7, 11) is 1.65. The Labute approximate surface area is 235 Å². The minimum atomic E-state index is -0.732. The van der Waals surface area contributed by atoms with Gasteiger partial charge < -0.3 is 35.8 Å². The van der Waals surface area contributed by atoms with Crippen molar-refractivity contribution >= 4 is 11.8 Å². The second kappa shape index (κ2) is 17.5. The van der Waals surface area contributed by atoms with Gasteiger partial charge in [0, 0.05) is 33.2 Å². The number of ether oxygens (including phenoxy) is 2. The molecule has 5 N–H and O–H groups in total. The molecule has 2 amide bonds. The summed E-state index contributed by atoms with van der Waals surface area (Å²) in [6.45, 7) is 11.9. The van der Waals surface area contributed by atoms with Crippen molar-refractivity contribution in [1.29, 1.82) is 0 Å². The minimum absolute atomic E-state index is 0.0122. The van der Waals surface area contributed by atoms with Gasteiger partial charge >= 0.3 is 0 Å². The number of aliphatic hydroxyl groups excluding tert-OH is 1. The van der Waals surface area contributed by atoms with Crippen LogP contribution in [0.25, 0.3) is 0 Å². The lowest BCUT2D eigenvalue weighted by atomic mass is 9.86. The van der Waals surface area contributed by atoms with Crippen molar-refractivity contribution in [3.05, 3.63) is 29.8 Å². The van der Waals surface area contributed by atoms with Crippen molar-refractivity contribution in [2.45, 2.75) is 78.0 Å². The SMILES string of the molecule is COCCCOc1ccccc1C(=O)NC[C@@H](C[C@H](NC(=O)[C@@H](N)C(C)C)[C@@H](O)CN1CCCCC1)C(C)C. The van der Waals surface area contributed by atoms with Gasteiger partial charge in [0.1, 0.15) is 5.75 Å². The molecule has 4 atom stereocenters. The van der Waals surface area contributed by atoms with E-state index in [0.717, 1.165) is 32.4 Å². The first kappa shape index (κ1) is 33.0. The summed E-state index contributed by atoms with van der Waals surface area (Å²) < 4.78 is 10.9. The number of nitrogens with zero attached hydrogens (tertiary/aromatic N) is 1. The van der Waals surface area contributed by atoms with Crippen LogP contribution in [0.3, 0.4) is 0 Å². The Kier molecular flexibility index (Phi) is 14.8. The largest absolute Gasteiger partial charge is 0.493 e. The molecule has 222 valence electrons. The van der Waals surface area contributed by atoms with Crippen molar-refractivity contribution < 1.29 is 24.2 Å². The second-order valence-electron chi connectivity index (χ2n) is 11.5. The lowest BCUT2D eigenvalue weighted by molar-refractivity contribution is -0.125. The highest BCUT2D eigenvalue weighted by molar-refractivity contribution is 5.96. The quantitative estimate of drug-likeness (QED) is 0.221. The van der Waals surface area contributed by atoms with E-state index in [0.29, 0.717) is 44.0 Å². The first-order valence-electron chi connectivity index (χ1n) is 14.6. The van der Waals surface area contributed by atoms with Gasteiger partial charge in [-0.25, -0.2) is 0 Å². The van der Waals surface area contributed by atoms with Crippen molar-refractivity contribution in [2.75, 3.05) is 46.5 Å². The number of nitrogens with one attached hydrogen (secondary N) is 2. The predicted octanol–water partition coefficient (Wildman–Crippen LogP) is 2.81. The van der Waals surface area contributed by atoms with Crippen LogP contribution in [0.15, 0.2) is 24.3 Å². The zero-order valence-corrected chi connectivity index (χ0v) is 24.7. The first-order valence-corrected chi connectivity index (χ1v) is 14.6. The Hall–Kier alpha value is -2.20. The zero-order chi connectivity index (χ0) is 28.8. The number of carbonyl (C=O) groups excluding carboxylic acids is 2. The van der Waals surface area contributed by atoms with E-state index < -0.39 is 18.2 Å². The molecular weight excluding hydrogens is 496 g/mol. The average Bonchev–Trinajstić information content (AvgIpc) is 2.92. The number of benzene rings is 1. The van der Waals surface area contributed by atoms with Gasteiger partial charge in [-0.05, 0) is 62.2 Å². The number of amides is 2. The fourth-order valence-electron chi connectivity index (χ4n) is 4.83. The molecular formula is C30H52N4O5. The van der Waals surface area contributed by atoms with Crippen molar-refractivity contribution in [1.82, 2.24) is 15.5 Å². The summed E-state index contributed by atoms with van der Waals surface area (Å²) in [4.78, 5) is 28.3. The van der Waals surface area contributed by atoms with Gasteiger partial charge in [-0.3, -0.25) is 9.59 Å². The molecule has 0 aliphatic carbocycles. The molecule has 1 saturated heterocycles. The summed E-state index contributed by atoms with van der Waals surface area (Å²) in [5, 5.41) is 17.4. The summed E-state index contributed by atoms with van der Waals surface area (Å²) in [6, 6.07) is 6.10. The second-order valence-corrected chi connectivity index (χ2v) is 11.5. The summed E-state index contributed by atoms with van der Waals surface area (Å²) in [6.07, 6.45) is 3.99. The van der Waals surface area contributed by atoms with Crippen LogP contribution in [0.5, 0.6) is 5.75 Å². The van der Waals surface area contributed by atoms with Gasteiger partial charge in [0.05, 0.1) is 30.4 Å². The van der Waals surface area contributed by atoms with E-state index in [4.69, 9.17) is 15.2 Å². The van der Waals surface area contributed by atoms with Crippen LogP contribution in [-0.2, 0) is 9.53 Å². The van der Waals surface area contributed by atoms with Gasteiger partial charge in [-0.2, -0.15) is 0 Å². The third-order valence-corrected chi connectivity index (χ3v) is 7.61. The number of hydrogen-bond donors (Lipinski definition) is 4. The van der Waals surface area contributed by atoms with Gasteiger partial charge in [0.25, 0.3) is 5.91 Å². The van der Waals surface area contributed by atoms with E-state index in [-0.39, 0.29) is 29.6 Å². The molecule has 2 rings (SSSR count). The molecule has 0 bridgehead atoms. The van der Waals surface area contributed by atoms with E-state index in [1.54, 1.807) is 19.2 Å². The Morgan fingerprint density at radius 1 is 1.05 bits per heavy atom. The number of aliphatic hydroxyl groups is 1. The third-order valence-electron chi connectivity index (χ3n) is 7.61. The summed E-state index contributed by atoms with van der Waals surface area (Å²) >= 11 is 0. The van der Waals surface area contributed by atoms with Crippen LogP contribution in [0.1, 0.15) is 70.2 Å². The smallest absolute Gasteiger partial charge is 0.255 e. The van der Waals surface area contributed by atoms with Crippen molar-refractivity contribution in [2.24, 2.45) is 23.5 Å². The lowest BCUT2D eigenvalue weighted by Gasteiger charge is -2.35. The topological polar surface area (TPSA) is 126 Å². The molecule has 1 aliphatic heterocycles. The highest BCUT2D eigenvalue weighted by Gasteiger charge is 2.30. The first-order chi connectivity index (χ1) is 18.6. The van der Waals surface area contributed by atoms with Crippen LogP contribution >= 0.6 is 0 Å². The van der Waals surface area contributed by atoms with E-state index in [1.807, 2.05) is 26.0 Å². The van der Waals surface area contributed by atoms with E-state index in [9.17, 15) is 14.7 Å². The highest BCUT2D eigenvalue weighted by Crippen LogP contribution is 2.22. The number of para-hydroxylation sites is 1. The maximum absolute atomic E-state index is 13.1. The number of likely N-dealkylation sites (tertiary alicyclic amines) is 1. The van der Waals surface area contributed by atoms with Crippen LogP contribution in [0.4, 0.5) is 0 Å². The molecule has 39 heavy (non-hydrogen) atoms. The van der Waals surface area contributed by atoms with E-state index in [2.05, 4.69) is 29.4 Å². The summed E-state index contributed by atoms with van der Waals surface area (Å²) in [5.74, 6) is 0.309.